The third-order valence-corrected chi connectivity index (χ3v) is 4.67. The highest BCUT2D eigenvalue weighted by atomic mass is 35.5. The molecule has 29 heavy (non-hydrogen) atoms. The second kappa shape index (κ2) is 8.24. The lowest BCUT2D eigenvalue weighted by molar-refractivity contribution is -0.116. The fourth-order valence-corrected chi connectivity index (χ4v) is 3.20. The van der Waals surface area contributed by atoms with E-state index in [-0.39, 0.29) is 17.9 Å². The Morgan fingerprint density at radius 1 is 1.14 bits per heavy atom. The molecule has 2 aromatic carbocycles. The summed E-state index contributed by atoms with van der Waals surface area (Å²) in [6, 6.07) is 12.3. The van der Waals surface area contributed by atoms with E-state index < -0.39 is 0 Å². The number of aryl methyl sites for hydroxylation is 1. The number of aromatic nitrogens is 5. The summed E-state index contributed by atoms with van der Waals surface area (Å²) in [4.78, 5) is 33.1. The van der Waals surface area contributed by atoms with Crippen LogP contribution in [0.4, 0.5) is 5.69 Å². The molecule has 0 saturated heterocycles. The largest absolute Gasteiger partial charge is 0.324 e. The quantitative estimate of drug-likeness (QED) is 0.529. The summed E-state index contributed by atoms with van der Waals surface area (Å²) < 4.78 is 3.07. The number of halogens is 1. The summed E-state index contributed by atoms with van der Waals surface area (Å²) in [7, 11) is 0. The van der Waals surface area contributed by atoms with Gasteiger partial charge >= 0.3 is 0 Å². The Kier molecular flexibility index (Phi) is 5.35. The number of hydrogen-bond acceptors (Lipinski definition) is 5. The number of para-hydroxylation sites is 1. The molecule has 2 heterocycles. The van der Waals surface area contributed by atoms with Crippen molar-refractivity contribution in [3.8, 4) is 5.69 Å². The van der Waals surface area contributed by atoms with Crippen LogP contribution in [-0.4, -0.2) is 30.2 Å². The van der Waals surface area contributed by atoms with Crippen molar-refractivity contribution in [3.05, 3.63) is 76.8 Å². The van der Waals surface area contributed by atoms with Crippen LogP contribution in [0.3, 0.4) is 0 Å². The van der Waals surface area contributed by atoms with Crippen LogP contribution in [0.5, 0.6) is 0 Å². The number of nitrogens with one attached hydrogen (secondary N) is 1. The van der Waals surface area contributed by atoms with Crippen molar-refractivity contribution in [3.63, 3.8) is 0 Å². The summed E-state index contributed by atoms with van der Waals surface area (Å²) >= 11 is 6.07. The van der Waals surface area contributed by atoms with E-state index in [1.807, 2.05) is 6.07 Å². The number of hydrogen-bond donors (Lipinski definition) is 1. The minimum absolute atomic E-state index is 0.112. The first kappa shape index (κ1) is 18.8. The van der Waals surface area contributed by atoms with Crippen LogP contribution in [0.25, 0.3) is 16.6 Å². The normalized spacial score (nSPS) is 10.9. The number of benzene rings is 2. The molecule has 0 saturated carbocycles. The summed E-state index contributed by atoms with van der Waals surface area (Å²) in [6.45, 7) is 0.398. The lowest BCUT2D eigenvalue weighted by Crippen LogP contribution is -2.21. The minimum atomic E-state index is -0.185. The summed E-state index contributed by atoms with van der Waals surface area (Å²) in [6.07, 6.45) is 5.20. The zero-order valence-electron chi connectivity index (χ0n) is 15.3. The molecule has 2 aromatic heterocycles. The molecular formula is C20H17ClN6O2. The molecule has 0 bridgehead atoms. The number of anilines is 1. The fraction of sp³-hybridized carbons (Fsp3) is 0.150. The topological polar surface area (TPSA) is 94.7 Å². The average molecular weight is 409 g/mol. The maximum absolute atomic E-state index is 12.5. The van der Waals surface area contributed by atoms with Gasteiger partial charge in [-0.1, -0.05) is 23.7 Å². The van der Waals surface area contributed by atoms with Crippen molar-refractivity contribution in [1.29, 1.82) is 0 Å². The molecule has 4 rings (SSSR count). The maximum atomic E-state index is 12.5. The summed E-state index contributed by atoms with van der Waals surface area (Å²) in [5.74, 6) is -0.185. The molecule has 0 aliphatic carbocycles. The monoisotopic (exact) mass is 408 g/mol. The van der Waals surface area contributed by atoms with Gasteiger partial charge in [-0.15, -0.1) is 0 Å². The molecule has 4 aromatic rings. The van der Waals surface area contributed by atoms with Gasteiger partial charge in [-0.3, -0.25) is 14.2 Å². The van der Waals surface area contributed by atoms with Gasteiger partial charge < -0.3 is 5.32 Å². The third kappa shape index (κ3) is 4.17. The van der Waals surface area contributed by atoms with Gasteiger partial charge in [0, 0.05) is 18.0 Å². The molecule has 0 aliphatic rings. The van der Waals surface area contributed by atoms with Gasteiger partial charge in [0.2, 0.25) is 5.91 Å². The van der Waals surface area contributed by atoms with Crippen LogP contribution in [0.15, 0.2) is 66.2 Å². The van der Waals surface area contributed by atoms with E-state index in [0.29, 0.717) is 40.3 Å². The highest BCUT2D eigenvalue weighted by Crippen LogP contribution is 2.24. The SMILES string of the molecule is O=C(CCCn1cnc2ccccc2c1=O)Nc1cc(Cl)ccc1-n1cncn1. The van der Waals surface area contributed by atoms with Crippen LogP contribution < -0.4 is 10.9 Å². The molecule has 0 spiro atoms. The number of carbonyl (C=O) groups excluding carboxylic acids is 1. The van der Waals surface area contributed by atoms with E-state index in [4.69, 9.17) is 11.6 Å². The molecule has 8 nitrogen and oxygen atoms in total. The van der Waals surface area contributed by atoms with Crippen LogP contribution >= 0.6 is 11.6 Å². The fourth-order valence-electron chi connectivity index (χ4n) is 3.03. The molecule has 0 radical (unpaired) electrons. The van der Waals surface area contributed by atoms with E-state index in [2.05, 4.69) is 20.4 Å². The van der Waals surface area contributed by atoms with Crippen molar-refractivity contribution in [2.24, 2.45) is 0 Å². The van der Waals surface area contributed by atoms with Gasteiger partial charge in [-0.2, -0.15) is 5.10 Å². The number of nitrogens with zero attached hydrogens (tertiary/aromatic N) is 5. The van der Waals surface area contributed by atoms with E-state index in [0.717, 1.165) is 0 Å². The van der Waals surface area contributed by atoms with E-state index in [1.54, 1.807) is 41.1 Å². The zero-order chi connectivity index (χ0) is 20.2. The zero-order valence-corrected chi connectivity index (χ0v) is 16.1. The molecule has 1 N–H and O–H groups in total. The first-order valence-electron chi connectivity index (χ1n) is 9.00. The number of carbonyl (C=O) groups is 1. The first-order valence-corrected chi connectivity index (χ1v) is 9.38. The molecule has 146 valence electrons. The molecular weight excluding hydrogens is 392 g/mol. The van der Waals surface area contributed by atoms with E-state index >= 15 is 0 Å². The highest BCUT2D eigenvalue weighted by molar-refractivity contribution is 6.31. The summed E-state index contributed by atoms with van der Waals surface area (Å²) in [5, 5.41) is 8.01. The van der Waals surface area contributed by atoms with Crippen molar-refractivity contribution >= 4 is 34.1 Å². The molecule has 0 aliphatic heterocycles. The van der Waals surface area contributed by atoms with Gasteiger partial charge in [-0.25, -0.2) is 14.6 Å². The van der Waals surface area contributed by atoms with Crippen molar-refractivity contribution in [2.75, 3.05) is 5.32 Å². The molecule has 9 heteroatoms. The standard InChI is InChI=1S/C20H17ClN6O2/c21-14-7-8-18(27-12-22-11-24-27)17(10-14)25-19(28)6-3-9-26-13-23-16-5-2-1-4-15(16)20(26)29/h1-2,4-5,7-8,10-13H,3,6,9H2,(H,25,28). The second-order valence-electron chi connectivity index (χ2n) is 6.41. The Labute approximate surface area is 170 Å². The summed E-state index contributed by atoms with van der Waals surface area (Å²) in [5.41, 5.74) is 1.75. The molecule has 0 unspecified atom stereocenters. The van der Waals surface area contributed by atoms with Crippen LogP contribution in [-0.2, 0) is 11.3 Å². The molecule has 1 amide bonds. The van der Waals surface area contributed by atoms with Crippen molar-refractivity contribution in [2.45, 2.75) is 19.4 Å². The Bertz CT molecular complexity index is 1220. The van der Waals surface area contributed by atoms with Crippen LogP contribution in [0.1, 0.15) is 12.8 Å². The second-order valence-corrected chi connectivity index (χ2v) is 6.85. The maximum Gasteiger partial charge on any atom is 0.261 e. The first-order chi connectivity index (χ1) is 14.1. The Hall–Kier alpha value is -3.52. The van der Waals surface area contributed by atoms with Gasteiger partial charge in [0.25, 0.3) is 5.56 Å². The molecule has 0 atom stereocenters. The Balaban J connectivity index is 1.42. The van der Waals surface area contributed by atoms with Crippen molar-refractivity contribution in [1.82, 2.24) is 24.3 Å². The van der Waals surface area contributed by atoms with Gasteiger partial charge in [0.05, 0.1) is 28.6 Å². The number of rotatable bonds is 6. The number of amides is 1. The van der Waals surface area contributed by atoms with Gasteiger partial charge in [0.1, 0.15) is 12.7 Å². The minimum Gasteiger partial charge on any atom is -0.324 e. The lowest BCUT2D eigenvalue weighted by atomic mass is 10.2. The predicted octanol–water partition coefficient (Wildman–Crippen LogP) is 3.05. The van der Waals surface area contributed by atoms with Crippen LogP contribution in [0, 0.1) is 0 Å². The van der Waals surface area contributed by atoms with Gasteiger partial charge in [-0.05, 0) is 36.8 Å². The average Bonchev–Trinajstić information content (AvgIpc) is 3.24. The van der Waals surface area contributed by atoms with E-state index in [9.17, 15) is 9.59 Å². The lowest BCUT2D eigenvalue weighted by Gasteiger charge is -2.12. The smallest absolute Gasteiger partial charge is 0.261 e. The van der Waals surface area contributed by atoms with Crippen molar-refractivity contribution < 1.29 is 4.79 Å². The molecule has 0 fully saturated rings. The Morgan fingerprint density at radius 2 is 2.00 bits per heavy atom. The van der Waals surface area contributed by atoms with Crippen LogP contribution in [0.2, 0.25) is 5.02 Å². The van der Waals surface area contributed by atoms with E-state index in [1.165, 1.54) is 23.5 Å². The van der Waals surface area contributed by atoms with Gasteiger partial charge in [0.15, 0.2) is 0 Å². The predicted molar refractivity (Wildman–Crippen MR) is 110 cm³/mol. The highest BCUT2D eigenvalue weighted by Gasteiger charge is 2.11. The Morgan fingerprint density at radius 3 is 2.83 bits per heavy atom. The third-order valence-electron chi connectivity index (χ3n) is 4.43. The number of fused-ring (bicyclic) bond motifs is 1.